The Morgan fingerprint density at radius 2 is 2.05 bits per heavy atom. The Kier molecular flexibility index (Phi) is 4.13. The molecule has 4 heteroatoms. The molecule has 1 aliphatic heterocycles. The van der Waals surface area contributed by atoms with Gasteiger partial charge in [-0.15, -0.1) is 0 Å². The molecule has 19 heavy (non-hydrogen) atoms. The molecule has 0 aliphatic carbocycles. The second-order valence-electron chi connectivity index (χ2n) is 4.14. The number of rotatable bonds is 3. The molecule has 4 nitrogen and oxygen atoms in total. The van der Waals surface area contributed by atoms with Crippen LogP contribution in [-0.2, 0) is 0 Å². The SMILES string of the molecule is C/C=N\N1C(=N)C(CC)=CN/C1=C\c1ccccc1. The van der Waals surface area contributed by atoms with Crippen LogP contribution in [0, 0.1) is 5.41 Å². The van der Waals surface area contributed by atoms with Gasteiger partial charge in [-0.05, 0) is 25.0 Å². The third-order valence-corrected chi connectivity index (χ3v) is 2.85. The van der Waals surface area contributed by atoms with Crippen LogP contribution in [0.4, 0.5) is 0 Å². The van der Waals surface area contributed by atoms with Gasteiger partial charge in [0.2, 0.25) is 0 Å². The molecule has 0 spiro atoms. The van der Waals surface area contributed by atoms with E-state index in [0.29, 0.717) is 5.84 Å². The molecular formula is C15H18N4. The zero-order chi connectivity index (χ0) is 13.7. The fourth-order valence-electron chi connectivity index (χ4n) is 1.86. The lowest BCUT2D eigenvalue weighted by Gasteiger charge is -2.28. The lowest BCUT2D eigenvalue weighted by molar-refractivity contribution is 0.508. The van der Waals surface area contributed by atoms with Crippen LogP contribution in [-0.4, -0.2) is 17.1 Å². The molecule has 1 heterocycles. The zero-order valence-electron chi connectivity index (χ0n) is 11.2. The van der Waals surface area contributed by atoms with Crippen LogP contribution >= 0.6 is 0 Å². The standard InChI is InChI=1S/C15H18N4/c1-3-13-11-17-14(19(15(13)16)18-4-2)10-12-8-6-5-7-9-12/h4-11,16-17H,3H2,1-2H3/b14-10+,16-15?,18-4-. The van der Waals surface area contributed by atoms with E-state index < -0.39 is 0 Å². The summed E-state index contributed by atoms with van der Waals surface area (Å²) in [6.07, 6.45) is 6.34. The van der Waals surface area contributed by atoms with Crippen LogP contribution in [0.2, 0.25) is 0 Å². The highest BCUT2D eigenvalue weighted by atomic mass is 15.5. The van der Waals surface area contributed by atoms with Gasteiger partial charge in [-0.2, -0.15) is 10.1 Å². The van der Waals surface area contributed by atoms with E-state index in [9.17, 15) is 0 Å². The predicted molar refractivity (Wildman–Crippen MR) is 79.7 cm³/mol. The maximum atomic E-state index is 8.17. The van der Waals surface area contributed by atoms with Crippen molar-refractivity contribution in [3.05, 3.63) is 53.5 Å². The number of benzene rings is 1. The van der Waals surface area contributed by atoms with E-state index in [1.54, 1.807) is 11.2 Å². The number of amidine groups is 1. The Labute approximate surface area is 113 Å². The molecule has 0 saturated carbocycles. The molecule has 2 N–H and O–H groups in total. The van der Waals surface area contributed by atoms with Crippen molar-refractivity contribution in [3.8, 4) is 0 Å². The number of hydrogen-bond donors (Lipinski definition) is 2. The summed E-state index contributed by atoms with van der Waals surface area (Å²) in [6, 6.07) is 9.99. The first-order valence-electron chi connectivity index (χ1n) is 6.36. The molecule has 0 bridgehead atoms. The van der Waals surface area contributed by atoms with Crippen molar-refractivity contribution in [2.45, 2.75) is 20.3 Å². The van der Waals surface area contributed by atoms with Gasteiger partial charge in [0.1, 0.15) is 5.82 Å². The second-order valence-corrected chi connectivity index (χ2v) is 4.14. The minimum Gasteiger partial charge on any atom is -0.346 e. The molecule has 0 aromatic heterocycles. The van der Waals surface area contributed by atoms with Crippen molar-refractivity contribution in [2.24, 2.45) is 5.10 Å². The molecule has 0 atom stereocenters. The molecule has 0 amide bonds. The number of nitrogens with one attached hydrogen (secondary N) is 2. The first-order chi connectivity index (χ1) is 9.26. The van der Waals surface area contributed by atoms with Gasteiger partial charge in [-0.3, -0.25) is 5.41 Å². The summed E-state index contributed by atoms with van der Waals surface area (Å²) in [5, 5.41) is 17.2. The van der Waals surface area contributed by atoms with E-state index >= 15 is 0 Å². The van der Waals surface area contributed by atoms with E-state index in [-0.39, 0.29) is 0 Å². The van der Waals surface area contributed by atoms with Gasteiger partial charge in [0.05, 0.1) is 0 Å². The molecular weight excluding hydrogens is 236 g/mol. The maximum Gasteiger partial charge on any atom is 0.153 e. The molecule has 0 unspecified atom stereocenters. The van der Waals surface area contributed by atoms with Crippen LogP contribution in [0.15, 0.2) is 53.0 Å². The summed E-state index contributed by atoms with van der Waals surface area (Å²) in [4.78, 5) is 0. The topological polar surface area (TPSA) is 51.5 Å². The summed E-state index contributed by atoms with van der Waals surface area (Å²) >= 11 is 0. The van der Waals surface area contributed by atoms with Crippen molar-refractivity contribution in [2.75, 3.05) is 0 Å². The minimum absolute atomic E-state index is 0.418. The van der Waals surface area contributed by atoms with Gasteiger partial charge in [-0.25, -0.2) is 0 Å². The zero-order valence-corrected chi connectivity index (χ0v) is 11.2. The fraction of sp³-hybridized carbons (Fsp3) is 0.200. The molecule has 2 rings (SSSR count). The molecule has 0 fully saturated rings. The summed E-state index contributed by atoms with van der Waals surface area (Å²) in [5.74, 6) is 1.20. The number of hydrogen-bond acceptors (Lipinski definition) is 3. The molecule has 0 radical (unpaired) electrons. The second kappa shape index (κ2) is 6.00. The summed E-state index contributed by atoms with van der Waals surface area (Å²) in [5.41, 5.74) is 2.01. The van der Waals surface area contributed by atoms with Gasteiger partial charge in [0.25, 0.3) is 0 Å². The number of hydrazone groups is 1. The average molecular weight is 254 g/mol. The lowest BCUT2D eigenvalue weighted by atomic mass is 10.1. The van der Waals surface area contributed by atoms with E-state index in [1.165, 1.54) is 0 Å². The Balaban J connectivity index is 2.37. The maximum absolute atomic E-state index is 8.17. The van der Waals surface area contributed by atoms with Crippen LogP contribution < -0.4 is 5.32 Å². The third-order valence-electron chi connectivity index (χ3n) is 2.85. The third kappa shape index (κ3) is 2.91. The molecule has 1 aliphatic rings. The Bertz CT molecular complexity index is 541. The molecule has 1 aromatic carbocycles. The van der Waals surface area contributed by atoms with Crippen LogP contribution in [0.25, 0.3) is 6.08 Å². The van der Waals surface area contributed by atoms with Gasteiger partial charge in [0, 0.05) is 18.0 Å². The van der Waals surface area contributed by atoms with Crippen LogP contribution in [0.1, 0.15) is 25.8 Å². The Morgan fingerprint density at radius 1 is 1.32 bits per heavy atom. The van der Waals surface area contributed by atoms with Crippen LogP contribution in [0.5, 0.6) is 0 Å². The van der Waals surface area contributed by atoms with Gasteiger partial charge in [-0.1, -0.05) is 37.3 Å². The quantitative estimate of drug-likeness (QED) is 0.814. The molecule has 98 valence electrons. The van der Waals surface area contributed by atoms with Crippen molar-refractivity contribution in [1.82, 2.24) is 10.3 Å². The Hall–Kier alpha value is -2.36. The summed E-state index contributed by atoms with van der Waals surface area (Å²) < 4.78 is 0. The summed E-state index contributed by atoms with van der Waals surface area (Å²) in [7, 11) is 0. The highest BCUT2D eigenvalue weighted by molar-refractivity contribution is 5.98. The molecule has 1 aromatic rings. The van der Waals surface area contributed by atoms with E-state index in [1.807, 2.05) is 56.5 Å². The Morgan fingerprint density at radius 3 is 2.68 bits per heavy atom. The first kappa shape index (κ1) is 13.1. The van der Waals surface area contributed by atoms with Gasteiger partial charge >= 0.3 is 0 Å². The normalized spacial score (nSPS) is 17.8. The van der Waals surface area contributed by atoms with Crippen molar-refractivity contribution < 1.29 is 0 Å². The fourth-order valence-corrected chi connectivity index (χ4v) is 1.86. The monoisotopic (exact) mass is 254 g/mol. The number of nitrogens with zero attached hydrogens (tertiary/aromatic N) is 2. The van der Waals surface area contributed by atoms with E-state index in [2.05, 4.69) is 10.4 Å². The van der Waals surface area contributed by atoms with E-state index in [0.717, 1.165) is 23.4 Å². The smallest absolute Gasteiger partial charge is 0.153 e. The minimum atomic E-state index is 0.418. The van der Waals surface area contributed by atoms with Gasteiger partial charge < -0.3 is 5.32 Å². The summed E-state index contributed by atoms with van der Waals surface area (Å²) in [6.45, 7) is 3.87. The highest BCUT2D eigenvalue weighted by Gasteiger charge is 2.20. The lowest BCUT2D eigenvalue weighted by Crippen LogP contribution is -2.36. The van der Waals surface area contributed by atoms with Crippen molar-refractivity contribution in [1.29, 1.82) is 5.41 Å². The predicted octanol–water partition coefficient (Wildman–Crippen LogP) is 3.17. The van der Waals surface area contributed by atoms with E-state index in [4.69, 9.17) is 5.41 Å². The van der Waals surface area contributed by atoms with Gasteiger partial charge in [0.15, 0.2) is 5.84 Å². The van der Waals surface area contributed by atoms with Crippen LogP contribution in [0.3, 0.4) is 0 Å². The van der Waals surface area contributed by atoms with Crippen molar-refractivity contribution in [3.63, 3.8) is 0 Å². The average Bonchev–Trinajstić information content (AvgIpc) is 2.44. The largest absolute Gasteiger partial charge is 0.346 e. The highest BCUT2D eigenvalue weighted by Crippen LogP contribution is 2.18. The molecule has 0 saturated heterocycles. The van der Waals surface area contributed by atoms with Crippen molar-refractivity contribution >= 4 is 18.1 Å². The first-order valence-corrected chi connectivity index (χ1v) is 6.36.